The second-order valence-corrected chi connectivity index (χ2v) is 18.6. The second-order valence-electron chi connectivity index (χ2n) is 15.5. The van der Waals surface area contributed by atoms with Crippen LogP contribution in [0.15, 0.2) is 103 Å². The summed E-state index contributed by atoms with van der Waals surface area (Å²) in [7, 11) is -9.81. The molecule has 4 aromatic carbocycles. The lowest BCUT2D eigenvalue weighted by Gasteiger charge is -2.16. The van der Waals surface area contributed by atoms with Gasteiger partial charge in [-0.1, -0.05) is 66.7 Å². The van der Waals surface area contributed by atoms with Gasteiger partial charge in [0.15, 0.2) is 11.4 Å². The summed E-state index contributed by atoms with van der Waals surface area (Å²) in [4.78, 5) is 0. The third-order valence-corrected chi connectivity index (χ3v) is 12.3. The highest BCUT2D eigenvalue weighted by atomic mass is 32.2. The summed E-state index contributed by atoms with van der Waals surface area (Å²) in [5.74, 6) is -0.0891. The summed E-state index contributed by atoms with van der Waals surface area (Å²) >= 11 is 0. The van der Waals surface area contributed by atoms with Gasteiger partial charge >= 0.3 is 7.12 Å². The van der Waals surface area contributed by atoms with Crippen LogP contribution in [0.3, 0.4) is 0 Å². The van der Waals surface area contributed by atoms with Gasteiger partial charge in [0.2, 0.25) is 11.4 Å². The molecule has 0 unspecified atom stereocenters. The molecule has 0 aromatic heterocycles. The Balaban J connectivity index is 1.39. The molecule has 4 N–H and O–H groups in total. The molecule has 6 rings (SSSR count). The fourth-order valence-corrected chi connectivity index (χ4v) is 8.78. The van der Waals surface area contributed by atoms with E-state index in [1.165, 1.54) is 0 Å². The van der Waals surface area contributed by atoms with Crippen molar-refractivity contribution in [2.45, 2.75) is 58.0 Å². The number of hydrogen-bond acceptors (Lipinski definition) is 7. The van der Waals surface area contributed by atoms with Crippen LogP contribution >= 0.6 is 0 Å². The largest absolute Gasteiger partial charge is 0.488 e. The van der Waals surface area contributed by atoms with Gasteiger partial charge < -0.3 is 14.8 Å². The van der Waals surface area contributed by atoms with Crippen LogP contribution in [0.1, 0.15) is 68.4 Å². The molecule has 2 aliphatic heterocycles. The average Bonchev–Trinajstić information content (AvgIpc) is 3.49. The summed E-state index contributed by atoms with van der Waals surface area (Å²) in [5.41, 5.74) is 8.15. The molecule has 2 heterocycles. The fraction of sp³-hybridized carbons (Fsp3) is 0.302. The molecule has 0 atom stereocenters. The van der Waals surface area contributed by atoms with Crippen molar-refractivity contribution in [1.82, 2.24) is 0 Å². The summed E-state index contributed by atoms with van der Waals surface area (Å²) < 4.78 is 75.9. The number of rotatable bonds is 16. The van der Waals surface area contributed by atoms with E-state index in [9.17, 15) is 36.0 Å². The zero-order valence-corrected chi connectivity index (χ0v) is 34.2. The maximum Gasteiger partial charge on any atom is 0.488 e. The first-order valence-electron chi connectivity index (χ1n) is 18.8. The molecule has 0 saturated carbocycles. The van der Waals surface area contributed by atoms with Gasteiger partial charge in [0.1, 0.15) is 25.4 Å². The third kappa shape index (κ3) is 9.71. The SMILES string of the molecule is CC1(C)C(C=Cc2ccc(OCc3ccc(B(O)O)cc3)c(C=CC3=[N+](CCCS(=O)(=O)O)c4ccccc4C3(C)C)c2)=[N+](CCCS(=O)(=O)O)c2ccccc21. The Hall–Kier alpha value is -4.70. The summed E-state index contributed by atoms with van der Waals surface area (Å²) in [5, 5.41) is 19.1. The van der Waals surface area contributed by atoms with Crippen LogP contribution in [0.25, 0.3) is 12.2 Å². The molecule has 0 saturated heterocycles. The lowest BCUT2D eigenvalue weighted by Crippen LogP contribution is -2.29. The van der Waals surface area contributed by atoms with E-state index in [-0.39, 0.29) is 31.0 Å². The van der Waals surface area contributed by atoms with E-state index in [1.54, 1.807) is 24.3 Å². The smallest absolute Gasteiger partial charge is 0.488 e. The Labute approximate surface area is 335 Å². The number of benzene rings is 4. The first kappa shape index (κ1) is 41.9. The first-order valence-corrected chi connectivity index (χ1v) is 22.0. The standard InChI is InChI=1S/C43H47BN2O9S2/c1-42(2)35-11-5-7-13-37(35)45(25-9-27-56(49,50)51)40(42)23-18-31-17-22-39(55-30-32-15-20-34(21-16-32)44(47)48)33(29-31)19-24-41-43(3,4)36-12-6-8-14-38(36)46(41)26-10-28-57(52,53)54/h5-8,11-24,29,47-48H,9-10,25-28,30H2,1-4H3/p+2. The minimum absolute atomic E-state index is 0.218. The predicted octanol–water partition coefficient (Wildman–Crippen LogP) is 5.68. The molecule has 0 bridgehead atoms. The number of para-hydroxylation sites is 2. The van der Waals surface area contributed by atoms with E-state index < -0.39 is 38.2 Å². The van der Waals surface area contributed by atoms with E-state index in [4.69, 9.17) is 4.74 Å². The lowest BCUT2D eigenvalue weighted by molar-refractivity contribution is -0.437. The molecular weight excluding hydrogens is 763 g/mol. The maximum absolute atomic E-state index is 11.6. The molecule has 57 heavy (non-hydrogen) atoms. The Kier molecular flexibility index (Phi) is 12.2. The number of ether oxygens (including phenoxy) is 1. The molecule has 11 nitrogen and oxygen atoms in total. The van der Waals surface area contributed by atoms with Crippen molar-refractivity contribution >= 4 is 67.8 Å². The average molecular weight is 813 g/mol. The van der Waals surface area contributed by atoms with Gasteiger partial charge in [0, 0.05) is 53.8 Å². The van der Waals surface area contributed by atoms with Gasteiger partial charge in [-0.15, -0.1) is 0 Å². The minimum Gasteiger partial charge on any atom is -0.488 e. The summed E-state index contributed by atoms with van der Waals surface area (Å²) in [6, 6.07) is 28.8. The molecular formula is C43H49BN2O9S2+2. The number of fused-ring (bicyclic) bond motifs is 2. The lowest BCUT2D eigenvalue weighted by atomic mass is 9.80. The van der Waals surface area contributed by atoms with Gasteiger partial charge in [-0.2, -0.15) is 26.0 Å². The number of hydrogen-bond donors (Lipinski definition) is 4. The molecule has 0 radical (unpaired) electrons. The Morgan fingerprint density at radius 2 is 1.14 bits per heavy atom. The van der Waals surface area contributed by atoms with Crippen molar-refractivity contribution in [2.24, 2.45) is 0 Å². The highest BCUT2D eigenvalue weighted by Crippen LogP contribution is 2.41. The predicted molar refractivity (Wildman–Crippen MR) is 226 cm³/mol. The van der Waals surface area contributed by atoms with E-state index in [2.05, 4.69) is 55.1 Å². The van der Waals surface area contributed by atoms with E-state index in [0.717, 1.165) is 50.6 Å². The van der Waals surface area contributed by atoms with E-state index in [1.807, 2.05) is 72.8 Å². The first-order chi connectivity index (χ1) is 26.8. The molecule has 0 amide bonds. The molecule has 0 spiro atoms. The number of nitrogens with zero attached hydrogens (tertiary/aromatic N) is 2. The van der Waals surface area contributed by atoms with Crippen molar-refractivity contribution in [2.75, 3.05) is 24.6 Å². The summed E-state index contributed by atoms with van der Waals surface area (Å²) in [6.45, 7) is 9.51. The fourth-order valence-electron chi connectivity index (χ4n) is 7.80. The van der Waals surface area contributed by atoms with Crippen LogP contribution in [-0.2, 0) is 37.7 Å². The zero-order valence-electron chi connectivity index (χ0n) is 32.5. The molecule has 2 aliphatic rings. The van der Waals surface area contributed by atoms with Crippen LogP contribution < -0.4 is 10.2 Å². The van der Waals surface area contributed by atoms with Crippen molar-refractivity contribution in [1.29, 1.82) is 0 Å². The van der Waals surface area contributed by atoms with Crippen LogP contribution in [-0.4, -0.2) is 88.3 Å². The van der Waals surface area contributed by atoms with Crippen LogP contribution in [0.2, 0.25) is 0 Å². The molecule has 0 fully saturated rings. The molecule has 4 aromatic rings. The van der Waals surface area contributed by atoms with Gasteiger partial charge in [-0.05, 0) is 68.6 Å². The normalized spacial score (nSPS) is 16.1. The van der Waals surface area contributed by atoms with Gasteiger partial charge in [0.25, 0.3) is 20.2 Å². The van der Waals surface area contributed by atoms with Crippen LogP contribution in [0, 0.1) is 0 Å². The van der Waals surface area contributed by atoms with Crippen molar-refractivity contribution in [3.8, 4) is 5.75 Å². The quantitative estimate of drug-likeness (QED) is 0.0634. The zero-order chi connectivity index (χ0) is 41.2. The third-order valence-electron chi connectivity index (χ3n) is 10.7. The Bertz CT molecular complexity index is 2510. The number of allylic oxidation sites excluding steroid dienone is 2. The minimum atomic E-state index is -4.13. The van der Waals surface area contributed by atoms with Crippen molar-refractivity contribution < 1.29 is 49.9 Å². The molecule has 0 aliphatic carbocycles. The van der Waals surface area contributed by atoms with Gasteiger partial charge in [-0.3, -0.25) is 9.11 Å². The second kappa shape index (κ2) is 16.6. The Morgan fingerprint density at radius 1 is 0.649 bits per heavy atom. The highest BCUT2D eigenvalue weighted by Gasteiger charge is 2.45. The monoisotopic (exact) mass is 812 g/mol. The summed E-state index contributed by atoms with van der Waals surface area (Å²) in [6.07, 6.45) is 8.56. The van der Waals surface area contributed by atoms with E-state index in [0.29, 0.717) is 24.3 Å². The molecule has 14 heteroatoms. The topological polar surface area (TPSA) is 164 Å². The Morgan fingerprint density at radius 3 is 1.63 bits per heavy atom. The molecule has 298 valence electrons. The van der Waals surface area contributed by atoms with Gasteiger partial charge in [-0.25, -0.2) is 0 Å². The van der Waals surface area contributed by atoms with Crippen LogP contribution in [0.5, 0.6) is 5.75 Å². The van der Waals surface area contributed by atoms with Gasteiger partial charge in [0.05, 0.1) is 22.3 Å². The van der Waals surface area contributed by atoms with Crippen LogP contribution in [0.4, 0.5) is 11.4 Å². The van der Waals surface area contributed by atoms with Crippen molar-refractivity contribution in [3.63, 3.8) is 0 Å². The van der Waals surface area contributed by atoms with Crippen molar-refractivity contribution in [3.05, 3.63) is 131 Å². The van der Waals surface area contributed by atoms with E-state index >= 15 is 0 Å². The highest BCUT2D eigenvalue weighted by molar-refractivity contribution is 7.86. The maximum atomic E-state index is 11.6.